The predicted octanol–water partition coefficient (Wildman–Crippen LogP) is 6.93. The van der Waals surface area contributed by atoms with E-state index in [9.17, 15) is 15.3 Å². The van der Waals surface area contributed by atoms with Crippen LogP contribution < -0.4 is 0 Å². The molecule has 0 amide bonds. The Morgan fingerprint density at radius 3 is 2.24 bits per heavy atom. The Labute approximate surface area is 194 Å². The fourth-order valence-electron chi connectivity index (χ4n) is 4.49. The van der Waals surface area contributed by atoms with Crippen LogP contribution in [-0.2, 0) is 0 Å². The van der Waals surface area contributed by atoms with E-state index in [1.54, 1.807) is 36.4 Å². The molecule has 5 heteroatoms. The van der Waals surface area contributed by atoms with Crippen molar-refractivity contribution in [3.8, 4) is 23.5 Å². The number of fused-ring (bicyclic) bond motifs is 3. The standard InChI is InChI=1S/C29H14N2O3/c30-15-18(16-31)28-22-9-3-4-10-23(22)29(32)24(28)12-19-13-26-27(33-19)14-25(34-26)21-11-5-7-17-6-1-2-8-20(17)21/h1-14H/b24-12-. The van der Waals surface area contributed by atoms with Gasteiger partial charge in [0, 0.05) is 34.4 Å². The fourth-order valence-corrected chi connectivity index (χ4v) is 4.49. The molecule has 1 aliphatic rings. The second-order valence-corrected chi connectivity index (χ2v) is 7.92. The van der Waals surface area contributed by atoms with E-state index in [1.165, 1.54) is 0 Å². The molecule has 0 N–H and O–H groups in total. The lowest BCUT2D eigenvalue weighted by Crippen LogP contribution is -1.95. The summed E-state index contributed by atoms with van der Waals surface area (Å²) in [5, 5.41) is 21.1. The summed E-state index contributed by atoms with van der Waals surface area (Å²) >= 11 is 0. The van der Waals surface area contributed by atoms with Crippen molar-refractivity contribution >= 4 is 39.4 Å². The maximum absolute atomic E-state index is 13.1. The highest BCUT2D eigenvalue weighted by Crippen LogP contribution is 2.41. The van der Waals surface area contributed by atoms with Crippen molar-refractivity contribution in [2.24, 2.45) is 0 Å². The molecule has 0 fully saturated rings. The number of nitrogens with zero attached hydrogens (tertiary/aromatic N) is 2. The van der Waals surface area contributed by atoms with Crippen molar-refractivity contribution < 1.29 is 13.6 Å². The Hall–Kier alpha value is -5.13. The zero-order valence-electron chi connectivity index (χ0n) is 17.7. The van der Waals surface area contributed by atoms with E-state index < -0.39 is 0 Å². The number of hydrogen-bond acceptors (Lipinski definition) is 5. The zero-order chi connectivity index (χ0) is 23.2. The van der Waals surface area contributed by atoms with Gasteiger partial charge in [0.1, 0.15) is 29.2 Å². The van der Waals surface area contributed by atoms with Crippen LogP contribution in [0.5, 0.6) is 0 Å². The van der Waals surface area contributed by atoms with Gasteiger partial charge in [-0.05, 0) is 22.4 Å². The Balaban J connectivity index is 1.46. The van der Waals surface area contributed by atoms with E-state index in [0.717, 1.165) is 16.3 Å². The summed E-state index contributed by atoms with van der Waals surface area (Å²) in [5.41, 5.74) is 3.56. The monoisotopic (exact) mass is 438 g/mol. The zero-order valence-corrected chi connectivity index (χ0v) is 17.7. The largest absolute Gasteiger partial charge is 0.453 e. The number of hydrogen-bond donors (Lipinski definition) is 0. The molecule has 2 heterocycles. The van der Waals surface area contributed by atoms with Crippen LogP contribution in [-0.4, -0.2) is 5.78 Å². The third-order valence-corrected chi connectivity index (χ3v) is 6.00. The molecule has 6 rings (SSSR count). The van der Waals surface area contributed by atoms with Crippen molar-refractivity contribution in [3.63, 3.8) is 0 Å². The van der Waals surface area contributed by atoms with Crippen molar-refractivity contribution in [1.82, 2.24) is 0 Å². The Kier molecular flexibility index (Phi) is 4.30. The van der Waals surface area contributed by atoms with Crippen molar-refractivity contribution in [1.29, 1.82) is 10.5 Å². The van der Waals surface area contributed by atoms with Crippen LogP contribution in [0.4, 0.5) is 0 Å². The SMILES string of the molecule is N#CC(C#N)=C1/C(=C/c2cc3oc(-c4cccc5ccccc45)cc3o2)C(=O)c2ccccc21. The van der Waals surface area contributed by atoms with E-state index in [2.05, 4.69) is 12.1 Å². The second-order valence-electron chi connectivity index (χ2n) is 7.92. The molecule has 0 bridgehead atoms. The topological polar surface area (TPSA) is 90.9 Å². The maximum Gasteiger partial charge on any atom is 0.194 e. The molecule has 0 saturated heterocycles. The van der Waals surface area contributed by atoms with Gasteiger partial charge in [0.25, 0.3) is 0 Å². The summed E-state index contributed by atoms with van der Waals surface area (Å²) in [7, 11) is 0. The maximum atomic E-state index is 13.1. The molecule has 5 aromatic rings. The van der Waals surface area contributed by atoms with E-state index in [4.69, 9.17) is 8.83 Å². The minimum Gasteiger partial charge on any atom is -0.453 e. The first-order valence-electron chi connectivity index (χ1n) is 10.6. The summed E-state index contributed by atoms with van der Waals surface area (Å²) in [6.07, 6.45) is 1.57. The number of nitriles is 2. The number of carbonyl (C=O) groups is 1. The van der Waals surface area contributed by atoms with Gasteiger partial charge >= 0.3 is 0 Å². The number of allylic oxidation sites excluding steroid dienone is 3. The Bertz CT molecular complexity index is 1750. The lowest BCUT2D eigenvalue weighted by Gasteiger charge is -2.03. The van der Waals surface area contributed by atoms with Crippen molar-refractivity contribution in [3.05, 3.63) is 107 Å². The number of Topliss-reactive ketones (excluding diaryl/α,β-unsaturated/α-hetero) is 1. The van der Waals surface area contributed by atoms with E-state index in [1.807, 2.05) is 48.5 Å². The van der Waals surface area contributed by atoms with Crippen LogP contribution in [0.1, 0.15) is 21.7 Å². The second kappa shape index (κ2) is 7.48. The first-order valence-corrected chi connectivity index (χ1v) is 10.6. The molecule has 0 atom stereocenters. The van der Waals surface area contributed by atoms with Crippen LogP contribution in [0.15, 0.2) is 98.8 Å². The van der Waals surface area contributed by atoms with E-state index in [0.29, 0.717) is 39.4 Å². The molecule has 158 valence electrons. The molecule has 2 aromatic heterocycles. The Morgan fingerprint density at radius 2 is 1.44 bits per heavy atom. The minimum atomic E-state index is -0.252. The Morgan fingerprint density at radius 1 is 0.765 bits per heavy atom. The highest BCUT2D eigenvalue weighted by atomic mass is 16.4. The van der Waals surface area contributed by atoms with Gasteiger partial charge in [-0.2, -0.15) is 10.5 Å². The number of benzene rings is 3. The first-order chi connectivity index (χ1) is 16.7. The van der Waals surface area contributed by atoms with Gasteiger partial charge in [-0.25, -0.2) is 0 Å². The molecule has 0 saturated carbocycles. The summed E-state index contributed by atoms with van der Waals surface area (Å²) in [6.45, 7) is 0. The summed E-state index contributed by atoms with van der Waals surface area (Å²) in [5.74, 6) is 0.839. The van der Waals surface area contributed by atoms with Crippen LogP contribution in [0.25, 0.3) is 44.9 Å². The number of furan rings is 2. The van der Waals surface area contributed by atoms with Gasteiger partial charge < -0.3 is 8.83 Å². The predicted molar refractivity (Wildman–Crippen MR) is 128 cm³/mol. The molecule has 3 aromatic carbocycles. The molecular formula is C29H14N2O3. The van der Waals surface area contributed by atoms with Crippen LogP contribution in [0, 0.1) is 22.7 Å². The fraction of sp³-hybridized carbons (Fsp3) is 0. The normalized spacial score (nSPS) is 13.9. The molecule has 1 aliphatic carbocycles. The third kappa shape index (κ3) is 2.89. The molecule has 0 unspecified atom stereocenters. The number of rotatable bonds is 2. The average molecular weight is 438 g/mol. The van der Waals surface area contributed by atoms with Crippen molar-refractivity contribution in [2.75, 3.05) is 0 Å². The van der Waals surface area contributed by atoms with E-state index in [-0.39, 0.29) is 16.9 Å². The average Bonchev–Trinajstić information content (AvgIpc) is 3.51. The van der Waals surface area contributed by atoms with Gasteiger partial charge in [0.05, 0.1) is 0 Å². The van der Waals surface area contributed by atoms with Gasteiger partial charge in [-0.15, -0.1) is 0 Å². The quantitative estimate of drug-likeness (QED) is 0.220. The van der Waals surface area contributed by atoms with Crippen LogP contribution >= 0.6 is 0 Å². The molecule has 5 nitrogen and oxygen atoms in total. The summed E-state index contributed by atoms with van der Waals surface area (Å²) in [6, 6.07) is 28.4. The van der Waals surface area contributed by atoms with Gasteiger partial charge in [0.2, 0.25) is 0 Å². The minimum absolute atomic E-state index is 0.113. The van der Waals surface area contributed by atoms with Crippen molar-refractivity contribution in [2.45, 2.75) is 0 Å². The molecule has 0 aliphatic heterocycles. The highest BCUT2D eigenvalue weighted by Gasteiger charge is 2.32. The van der Waals surface area contributed by atoms with Gasteiger partial charge in [-0.1, -0.05) is 66.7 Å². The van der Waals surface area contributed by atoms with Crippen LogP contribution in [0.2, 0.25) is 0 Å². The molecule has 0 radical (unpaired) electrons. The molecule has 0 spiro atoms. The number of carbonyl (C=O) groups excluding carboxylic acids is 1. The highest BCUT2D eigenvalue weighted by molar-refractivity contribution is 6.29. The number of ketones is 1. The summed E-state index contributed by atoms with van der Waals surface area (Å²) < 4.78 is 12.1. The lowest BCUT2D eigenvalue weighted by atomic mass is 9.99. The first kappa shape index (κ1) is 19.5. The van der Waals surface area contributed by atoms with Crippen LogP contribution in [0.3, 0.4) is 0 Å². The van der Waals surface area contributed by atoms with Gasteiger partial charge in [-0.3, -0.25) is 4.79 Å². The van der Waals surface area contributed by atoms with E-state index >= 15 is 0 Å². The lowest BCUT2D eigenvalue weighted by molar-refractivity contribution is 0.104. The van der Waals surface area contributed by atoms with Gasteiger partial charge in [0.15, 0.2) is 16.9 Å². The molecule has 34 heavy (non-hydrogen) atoms. The smallest absolute Gasteiger partial charge is 0.194 e. The molecular weight excluding hydrogens is 424 g/mol. The summed E-state index contributed by atoms with van der Waals surface area (Å²) in [4.78, 5) is 13.1. The third-order valence-electron chi connectivity index (χ3n) is 6.00.